The molecular weight excluding hydrogens is 266 g/mol. The van der Waals surface area contributed by atoms with Gasteiger partial charge in [0.25, 0.3) is 0 Å². The zero-order valence-corrected chi connectivity index (χ0v) is 11.7. The molecule has 0 atom stereocenters. The van der Waals surface area contributed by atoms with E-state index < -0.39 is 0 Å². The average molecular weight is 281 g/mol. The number of rotatable bonds is 5. The van der Waals surface area contributed by atoms with Crippen LogP contribution in [0.3, 0.4) is 0 Å². The summed E-state index contributed by atoms with van der Waals surface area (Å²) in [5.74, 6) is 0.878. The van der Waals surface area contributed by atoms with Crippen LogP contribution in [-0.4, -0.2) is 20.9 Å². The third-order valence-corrected chi connectivity index (χ3v) is 3.23. The summed E-state index contributed by atoms with van der Waals surface area (Å²) in [5, 5.41) is 5.98. The molecule has 0 aliphatic heterocycles. The fraction of sp³-hybridized carbons (Fsp3) is 0.250. The minimum atomic E-state index is 0.110. The van der Waals surface area contributed by atoms with E-state index in [4.69, 9.17) is 4.52 Å². The van der Waals surface area contributed by atoms with Gasteiger partial charge in [0, 0.05) is 18.0 Å². The minimum Gasteiger partial charge on any atom is -0.338 e. The van der Waals surface area contributed by atoms with Crippen LogP contribution in [0.1, 0.15) is 25.7 Å². The van der Waals surface area contributed by atoms with Gasteiger partial charge >= 0.3 is 0 Å². The molecule has 0 saturated heterocycles. The van der Waals surface area contributed by atoms with Gasteiger partial charge in [0.15, 0.2) is 0 Å². The molecule has 3 aromatic rings. The van der Waals surface area contributed by atoms with Crippen molar-refractivity contribution in [3.63, 3.8) is 0 Å². The van der Waals surface area contributed by atoms with E-state index in [1.807, 2.05) is 37.3 Å². The lowest BCUT2D eigenvalue weighted by Gasteiger charge is -2.00. The summed E-state index contributed by atoms with van der Waals surface area (Å²) in [6, 6.07) is 9.82. The second-order valence-electron chi connectivity index (χ2n) is 4.86. The molecule has 0 N–H and O–H groups in total. The molecule has 3 rings (SSSR count). The normalized spacial score (nSPS) is 10.9. The molecule has 0 radical (unpaired) electrons. The quantitative estimate of drug-likeness (QED) is 0.718. The molecule has 21 heavy (non-hydrogen) atoms. The highest BCUT2D eigenvalue weighted by molar-refractivity contribution is 5.92. The van der Waals surface area contributed by atoms with Gasteiger partial charge in [0.05, 0.1) is 6.42 Å². The number of ketones is 1. The Labute approximate surface area is 122 Å². The fourth-order valence-corrected chi connectivity index (χ4v) is 2.26. The molecular formula is C16H15N3O2. The Morgan fingerprint density at radius 2 is 2.10 bits per heavy atom. The first-order chi connectivity index (χ1) is 10.3. The summed E-state index contributed by atoms with van der Waals surface area (Å²) >= 11 is 0. The van der Waals surface area contributed by atoms with Gasteiger partial charge in [-0.1, -0.05) is 36.3 Å². The first-order valence-corrected chi connectivity index (χ1v) is 6.96. The molecule has 5 heteroatoms. The van der Waals surface area contributed by atoms with Crippen LogP contribution in [0.15, 0.2) is 41.1 Å². The van der Waals surface area contributed by atoms with Crippen molar-refractivity contribution in [1.82, 2.24) is 15.1 Å². The number of hydrogen-bond donors (Lipinski definition) is 0. The van der Waals surface area contributed by atoms with Crippen LogP contribution in [-0.2, 0) is 11.2 Å². The van der Waals surface area contributed by atoms with E-state index in [9.17, 15) is 4.79 Å². The third-order valence-electron chi connectivity index (χ3n) is 3.23. The SMILES string of the molecule is CCCC(=O)Cc1nc(-c2nccc3ccccc23)no1. The number of fused-ring (bicyclic) bond motifs is 1. The smallest absolute Gasteiger partial charge is 0.234 e. The molecule has 0 fully saturated rings. The first kappa shape index (κ1) is 13.4. The van der Waals surface area contributed by atoms with E-state index in [0.29, 0.717) is 23.8 Å². The Kier molecular flexibility index (Phi) is 3.73. The van der Waals surface area contributed by atoms with Gasteiger partial charge in [-0.15, -0.1) is 0 Å². The van der Waals surface area contributed by atoms with Crippen molar-refractivity contribution >= 4 is 16.6 Å². The third kappa shape index (κ3) is 2.81. The van der Waals surface area contributed by atoms with Crippen LogP contribution in [0.2, 0.25) is 0 Å². The van der Waals surface area contributed by atoms with Crippen molar-refractivity contribution < 1.29 is 9.32 Å². The van der Waals surface area contributed by atoms with Gasteiger partial charge < -0.3 is 4.52 Å². The Bertz CT molecular complexity index is 775. The molecule has 0 amide bonds. The van der Waals surface area contributed by atoms with Crippen LogP contribution in [0, 0.1) is 0 Å². The van der Waals surface area contributed by atoms with Gasteiger partial charge in [0.2, 0.25) is 11.7 Å². The summed E-state index contributed by atoms with van der Waals surface area (Å²) in [6.07, 6.45) is 3.26. The average Bonchev–Trinajstić information content (AvgIpc) is 2.95. The largest absolute Gasteiger partial charge is 0.338 e. The molecule has 2 aromatic heterocycles. The summed E-state index contributed by atoms with van der Waals surface area (Å²) in [6.45, 7) is 1.97. The number of hydrogen-bond acceptors (Lipinski definition) is 5. The van der Waals surface area contributed by atoms with E-state index in [-0.39, 0.29) is 12.2 Å². The molecule has 106 valence electrons. The first-order valence-electron chi connectivity index (χ1n) is 6.96. The maximum absolute atomic E-state index is 11.6. The topological polar surface area (TPSA) is 68.9 Å². The van der Waals surface area contributed by atoms with Crippen molar-refractivity contribution in [2.75, 3.05) is 0 Å². The lowest BCUT2D eigenvalue weighted by Crippen LogP contribution is -2.01. The van der Waals surface area contributed by atoms with Crippen molar-refractivity contribution in [1.29, 1.82) is 0 Å². The Balaban J connectivity index is 1.93. The van der Waals surface area contributed by atoms with Gasteiger partial charge in [-0.3, -0.25) is 9.78 Å². The molecule has 0 aliphatic rings. The van der Waals surface area contributed by atoms with Crippen LogP contribution in [0.5, 0.6) is 0 Å². The highest BCUT2D eigenvalue weighted by Gasteiger charge is 2.14. The van der Waals surface area contributed by atoms with Crippen LogP contribution < -0.4 is 0 Å². The zero-order chi connectivity index (χ0) is 14.7. The number of aromatic nitrogens is 3. The van der Waals surface area contributed by atoms with Gasteiger partial charge in [-0.05, 0) is 17.9 Å². The van der Waals surface area contributed by atoms with Gasteiger partial charge in [-0.25, -0.2) is 0 Å². The summed E-state index contributed by atoms with van der Waals surface area (Å²) < 4.78 is 5.16. The highest BCUT2D eigenvalue weighted by Crippen LogP contribution is 2.24. The highest BCUT2D eigenvalue weighted by atomic mass is 16.5. The Morgan fingerprint density at radius 1 is 1.24 bits per heavy atom. The molecule has 0 aliphatic carbocycles. The number of nitrogens with zero attached hydrogens (tertiary/aromatic N) is 3. The van der Waals surface area contributed by atoms with E-state index in [2.05, 4.69) is 15.1 Å². The number of carbonyl (C=O) groups is 1. The number of pyridine rings is 1. The molecule has 2 heterocycles. The molecule has 5 nitrogen and oxygen atoms in total. The zero-order valence-electron chi connectivity index (χ0n) is 11.7. The van der Waals surface area contributed by atoms with Crippen molar-refractivity contribution in [3.8, 4) is 11.5 Å². The minimum absolute atomic E-state index is 0.110. The second kappa shape index (κ2) is 5.83. The molecule has 0 bridgehead atoms. The molecule has 0 spiro atoms. The molecule has 0 unspecified atom stereocenters. The number of benzene rings is 1. The predicted molar refractivity (Wildman–Crippen MR) is 78.7 cm³/mol. The van der Waals surface area contributed by atoms with E-state index in [1.165, 1.54) is 0 Å². The maximum Gasteiger partial charge on any atom is 0.234 e. The summed E-state index contributed by atoms with van der Waals surface area (Å²) in [7, 11) is 0. The number of carbonyl (C=O) groups excluding carboxylic acids is 1. The predicted octanol–water partition coefficient (Wildman–Crippen LogP) is 3.20. The van der Waals surface area contributed by atoms with Gasteiger partial charge in [0.1, 0.15) is 11.5 Å². The van der Waals surface area contributed by atoms with E-state index >= 15 is 0 Å². The standard InChI is InChI=1S/C16H15N3O2/c1-2-5-12(20)10-14-18-16(19-21-14)15-13-7-4-3-6-11(13)8-9-17-15/h3-4,6-9H,2,5,10H2,1H3. The van der Waals surface area contributed by atoms with Crippen LogP contribution in [0.4, 0.5) is 0 Å². The second-order valence-corrected chi connectivity index (χ2v) is 4.86. The lowest BCUT2D eigenvalue weighted by atomic mass is 10.1. The number of Topliss-reactive ketones (excluding diaryl/α,β-unsaturated/α-hetero) is 1. The summed E-state index contributed by atoms with van der Waals surface area (Å²) in [5.41, 5.74) is 0.672. The Morgan fingerprint density at radius 3 is 2.95 bits per heavy atom. The molecule has 0 saturated carbocycles. The van der Waals surface area contributed by atoms with Crippen molar-refractivity contribution in [2.45, 2.75) is 26.2 Å². The van der Waals surface area contributed by atoms with Crippen LogP contribution >= 0.6 is 0 Å². The van der Waals surface area contributed by atoms with Crippen molar-refractivity contribution in [3.05, 3.63) is 42.4 Å². The van der Waals surface area contributed by atoms with E-state index in [1.54, 1.807) is 6.20 Å². The molecule has 1 aromatic carbocycles. The summed E-state index contributed by atoms with van der Waals surface area (Å²) in [4.78, 5) is 20.3. The van der Waals surface area contributed by atoms with Crippen LogP contribution in [0.25, 0.3) is 22.3 Å². The van der Waals surface area contributed by atoms with Gasteiger partial charge in [-0.2, -0.15) is 4.98 Å². The lowest BCUT2D eigenvalue weighted by molar-refractivity contribution is -0.118. The van der Waals surface area contributed by atoms with E-state index in [0.717, 1.165) is 17.2 Å². The Hall–Kier alpha value is -2.56. The monoisotopic (exact) mass is 281 g/mol. The maximum atomic E-state index is 11.6. The van der Waals surface area contributed by atoms with Crippen molar-refractivity contribution in [2.24, 2.45) is 0 Å². The fourth-order valence-electron chi connectivity index (χ4n) is 2.26.